The van der Waals surface area contributed by atoms with Gasteiger partial charge in [-0.15, -0.1) is 11.3 Å². The average Bonchev–Trinajstić information content (AvgIpc) is 2.70. The molecule has 2 rings (SSSR count). The van der Waals surface area contributed by atoms with Crippen LogP contribution in [0.15, 0.2) is 6.07 Å². The number of carbonyl (C=O) groups is 1. The molecule has 1 N–H and O–H groups in total. The summed E-state index contributed by atoms with van der Waals surface area (Å²) in [5, 5.41) is 9.11. The van der Waals surface area contributed by atoms with Crippen LogP contribution in [0.4, 0.5) is 0 Å². The van der Waals surface area contributed by atoms with E-state index in [4.69, 9.17) is 14.6 Å². The van der Waals surface area contributed by atoms with Crippen LogP contribution < -0.4 is 4.74 Å². The van der Waals surface area contributed by atoms with Crippen molar-refractivity contribution in [1.82, 2.24) is 0 Å². The second-order valence-electron chi connectivity index (χ2n) is 4.62. The molecule has 4 nitrogen and oxygen atoms in total. The second kappa shape index (κ2) is 5.71. The lowest BCUT2D eigenvalue weighted by Crippen LogP contribution is -2.29. The molecule has 0 saturated heterocycles. The van der Waals surface area contributed by atoms with E-state index in [1.807, 2.05) is 13.0 Å². The maximum absolute atomic E-state index is 11.1. The first kappa shape index (κ1) is 13.4. The van der Waals surface area contributed by atoms with Crippen molar-refractivity contribution in [3.63, 3.8) is 0 Å². The van der Waals surface area contributed by atoms with E-state index in [0.717, 1.165) is 30.6 Å². The largest absolute Gasteiger partial charge is 0.489 e. The minimum absolute atomic E-state index is 0.0656. The smallest absolute Gasteiger partial charge is 0.349 e. The quantitative estimate of drug-likeness (QED) is 0.913. The van der Waals surface area contributed by atoms with Gasteiger partial charge in [0.25, 0.3) is 0 Å². The molecule has 18 heavy (non-hydrogen) atoms. The maximum Gasteiger partial charge on any atom is 0.349 e. The van der Waals surface area contributed by atoms with Gasteiger partial charge in [-0.3, -0.25) is 0 Å². The van der Waals surface area contributed by atoms with Gasteiger partial charge < -0.3 is 14.6 Å². The number of carboxylic acids is 1. The molecule has 5 heteroatoms. The van der Waals surface area contributed by atoms with Crippen LogP contribution in [0.3, 0.4) is 0 Å². The highest BCUT2D eigenvalue weighted by Gasteiger charge is 2.25. The van der Waals surface area contributed by atoms with E-state index in [0.29, 0.717) is 10.6 Å². The highest BCUT2D eigenvalue weighted by molar-refractivity contribution is 7.14. The number of methoxy groups -OCH3 is 1. The van der Waals surface area contributed by atoms with Crippen LogP contribution in [0.2, 0.25) is 0 Å². The fourth-order valence-electron chi connectivity index (χ4n) is 2.33. The van der Waals surface area contributed by atoms with Crippen molar-refractivity contribution < 1.29 is 19.4 Å². The molecular formula is C13H18O4S. The summed E-state index contributed by atoms with van der Waals surface area (Å²) in [6, 6.07) is 1.81. The molecule has 1 aliphatic rings. The van der Waals surface area contributed by atoms with Gasteiger partial charge in [0.05, 0.1) is 6.10 Å². The molecule has 0 aromatic carbocycles. The highest BCUT2D eigenvalue weighted by atomic mass is 32.1. The Kier molecular flexibility index (Phi) is 4.24. The van der Waals surface area contributed by atoms with Crippen LogP contribution in [0.1, 0.15) is 40.2 Å². The van der Waals surface area contributed by atoms with E-state index in [-0.39, 0.29) is 12.2 Å². The van der Waals surface area contributed by atoms with Crippen LogP contribution >= 0.6 is 11.3 Å². The Morgan fingerprint density at radius 3 is 2.83 bits per heavy atom. The van der Waals surface area contributed by atoms with Crippen LogP contribution in [0.5, 0.6) is 5.75 Å². The second-order valence-corrected chi connectivity index (χ2v) is 5.88. The van der Waals surface area contributed by atoms with Crippen molar-refractivity contribution in [2.24, 2.45) is 0 Å². The number of aryl methyl sites for hydroxylation is 1. The SMILES string of the molecule is COC1CCCC(Oc2cc(C)sc2C(=O)O)C1. The highest BCUT2D eigenvalue weighted by Crippen LogP contribution is 2.32. The number of carboxylic acid groups (broad SMARTS) is 1. The Morgan fingerprint density at radius 2 is 2.17 bits per heavy atom. The van der Waals surface area contributed by atoms with Crippen LogP contribution in [0.25, 0.3) is 0 Å². The minimum Gasteiger partial charge on any atom is -0.489 e. The maximum atomic E-state index is 11.1. The van der Waals surface area contributed by atoms with Gasteiger partial charge in [-0.1, -0.05) is 0 Å². The van der Waals surface area contributed by atoms with Gasteiger partial charge in [-0.25, -0.2) is 4.79 Å². The lowest BCUT2D eigenvalue weighted by atomic mass is 9.95. The Morgan fingerprint density at radius 1 is 1.44 bits per heavy atom. The summed E-state index contributed by atoms with van der Waals surface area (Å²) in [7, 11) is 1.71. The summed E-state index contributed by atoms with van der Waals surface area (Å²) in [6.45, 7) is 1.89. The zero-order chi connectivity index (χ0) is 13.1. The van der Waals surface area contributed by atoms with Gasteiger partial charge in [0, 0.05) is 18.4 Å². The number of rotatable bonds is 4. The summed E-state index contributed by atoms with van der Waals surface area (Å²) < 4.78 is 11.2. The van der Waals surface area contributed by atoms with Crippen molar-refractivity contribution in [1.29, 1.82) is 0 Å². The first-order valence-corrected chi connectivity index (χ1v) is 6.95. The summed E-state index contributed by atoms with van der Waals surface area (Å²) in [5.41, 5.74) is 0. The lowest BCUT2D eigenvalue weighted by molar-refractivity contribution is 0.0206. The number of hydrogen-bond acceptors (Lipinski definition) is 4. The molecular weight excluding hydrogens is 252 g/mol. The fraction of sp³-hybridized carbons (Fsp3) is 0.615. The molecule has 1 aromatic rings. The molecule has 1 fully saturated rings. The molecule has 1 heterocycles. The van der Waals surface area contributed by atoms with E-state index >= 15 is 0 Å². The van der Waals surface area contributed by atoms with E-state index in [1.54, 1.807) is 7.11 Å². The van der Waals surface area contributed by atoms with Gasteiger partial charge >= 0.3 is 5.97 Å². The van der Waals surface area contributed by atoms with Crippen molar-refractivity contribution in [3.8, 4) is 5.75 Å². The zero-order valence-electron chi connectivity index (χ0n) is 10.6. The molecule has 0 aliphatic heterocycles. The number of thiophene rings is 1. The Labute approximate surface area is 111 Å². The average molecular weight is 270 g/mol. The first-order valence-electron chi connectivity index (χ1n) is 6.13. The summed E-state index contributed by atoms with van der Waals surface area (Å²) in [5.74, 6) is -0.408. The lowest BCUT2D eigenvalue weighted by Gasteiger charge is -2.28. The molecule has 100 valence electrons. The molecule has 0 spiro atoms. The molecule has 2 atom stereocenters. The summed E-state index contributed by atoms with van der Waals surface area (Å²) in [4.78, 5) is 12.4. The van der Waals surface area contributed by atoms with Gasteiger partial charge in [-0.2, -0.15) is 0 Å². The topological polar surface area (TPSA) is 55.8 Å². The molecule has 1 aliphatic carbocycles. The predicted octanol–water partition coefficient (Wildman–Crippen LogP) is 3.09. The van der Waals surface area contributed by atoms with Gasteiger partial charge in [0.1, 0.15) is 11.9 Å². The van der Waals surface area contributed by atoms with Gasteiger partial charge in [0.15, 0.2) is 4.88 Å². The third-order valence-electron chi connectivity index (χ3n) is 3.22. The number of ether oxygens (including phenoxy) is 2. The standard InChI is InChI=1S/C13H18O4S/c1-8-6-11(12(18-8)13(14)15)17-10-5-3-4-9(7-10)16-2/h6,9-10H,3-5,7H2,1-2H3,(H,14,15). The molecule has 0 bridgehead atoms. The van der Waals surface area contributed by atoms with Gasteiger partial charge in [-0.05, 0) is 32.3 Å². The number of hydrogen-bond donors (Lipinski definition) is 1. The summed E-state index contributed by atoms with van der Waals surface area (Å²) >= 11 is 1.26. The third-order valence-corrected chi connectivity index (χ3v) is 4.24. The van der Waals surface area contributed by atoms with Crippen molar-refractivity contribution in [2.75, 3.05) is 7.11 Å². The molecule has 1 saturated carbocycles. The Bertz CT molecular complexity index is 427. The van der Waals surface area contributed by atoms with Crippen LogP contribution in [0, 0.1) is 6.92 Å². The number of aromatic carboxylic acids is 1. The third kappa shape index (κ3) is 3.03. The monoisotopic (exact) mass is 270 g/mol. The van der Waals surface area contributed by atoms with Gasteiger partial charge in [0.2, 0.25) is 0 Å². The Hall–Kier alpha value is -1.07. The minimum atomic E-state index is -0.915. The van der Waals surface area contributed by atoms with Crippen molar-refractivity contribution >= 4 is 17.3 Å². The molecule has 0 radical (unpaired) electrons. The molecule has 2 unspecified atom stereocenters. The van der Waals surface area contributed by atoms with E-state index in [2.05, 4.69) is 0 Å². The van der Waals surface area contributed by atoms with Crippen LogP contribution in [-0.4, -0.2) is 30.4 Å². The first-order chi connectivity index (χ1) is 8.60. The predicted molar refractivity (Wildman–Crippen MR) is 69.7 cm³/mol. The normalized spacial score (nSPS) is 23.9. The molecule has 0 amide bonds. The summed E-state index contributed by atoms with van der Waals surface area (Å²) in [6.07, 6.45) is 4.23. The van der Waals surface area contributed by atoms with E-state index < -0.39 is 5.97 Å². The van der Waals surface area contributed by atoms with Crippen LogP contribution in [-0.2, 0) is 4.74 Å². The fourth-order valence-corrected chi connectivity index (χ4v) is 3.11. The van der Waals surface area contributed by atoms with Crippen molar-refractivity contribution in [3.05, 3.63) is 15.8 Å². The van der Waals surface area contributed by atoms with E-state index in [1.165, 1.54) is 11.3 Å². The zero-order valence-corrected chi connectivity index (χ0v) is 11.5. The molecule has 1 aromatic heterocycles. The van der Waals surface area contributed by atoms with E-state index in [9.17, 15) is 4.79 Å². The Balaban J connectivity index is 2.06. The van der Waals surface area contributed by atoms with Crippen molar-refractivity contribution in [2.45, 2.75) is 44.8 Å².